The van der Waals surface area contributed by atoms with Crippen LogP contribution in [0.5, 0.6) is 0 Å². The van der Waals surface area contributed by atoms with E-state index in [0.717, 1.165) is 12.8 Å². The number of hydrogen-bond donors (Lipinski definition) is 3. The van der Waals surface area contributed by atoms with Gasteiger partial charge in [0.25, 0.3) is 0 Å². The lowest BCUT2D eigenvalue weighted by Crippen LogP contribution is -2.47. The molecule has 3 unspecified atom stereocenters. The minimum absolute atomic E-state index is 0.0521. The number of carbonyl (C=O) groups excluding carboxylic acids is 1. The zero-order valence-corrected chi connectivity index (χ0v) is 11.7. The molecule has 0 aromatic rings. The van der Waals surface area contributed by atoms with E-state index in [4.69, 9.17) is 5.11 Å². The summed E-state index contributed by atoms with van der Waals surface area (Å²) in [6, 6.07) is 0.342. The van der Waals surface area contributed by atoms with Gasteiger partial charge in [-0.05, 0) is 39.0 Å². The molecule has 5 heteroatoms. The van der Waals surface area contributed by atoms with E-state index in [1.807, 2.05) is 0 Å². The maximum atomic E-state index is 12.1. The summed E-state index contributed by atoms with van der Waals surface area (Å²) in [4.78, 5) is 23.1. The first-order valence-electron chi connectivity index (χ1n) is 7.17. The van der Waals surface area contributed by atoms with Crippen LogP contribution in [-0.2, 0) is 9.59 Å². The van der Waals surface area contributed by atoms with E-state index >= 15 is 0 Å². The van der Waals surface area contributed by atoms with Gasteiger partial charge >= 0.3 is 5.97 Å². The molecule has 0 aromatic carbocycles. The average molecular weight is 268 g/mol. The van der Waals surface area contributed by atoms with Crippen LogP contribution < -0.4 is 10.6 Å². The summed E-state index contributed by atoms with van der Waals surface area (Å²) in [5.74, 6) is -0.318. The van der Waals surface area contributed by atoms with Crippen molar-refractivity contribution in [2.45, 2.75) is 58.0 Å². The number of amides is 1. The van der Waals surface area contributed by atoms with Gasteiger partial charge in [-0.1, -0.05) is 12.8 Å². The fourth-order valence-electron chi connectivity index (χ4n) is 3.03. The predicted octanol–water partition coefficient (Wildman–Crippen LogP) is 1.13. The highest BCUT2D eigenvalue weighted by Gasteiger charge is 2.38. The van der Waals surface area contributed by atoms with Crippen LogP contribution in [0.15, 0.2) is 0 Å². The summed E-state index contributed by atoms with van der Waals surface area (Å²) in [7, 11) is 0. The van der Waals surface area contributed by atoms with Crippen LogP contribution >= 0.6 is 0 Å². The first-order valence-corrected chi connectivity index (χ1v) is 7.17. The molecule has 19 heavy (non-hydrogen) atoms. The van der Waals surface area contributed by atoms with Crippen molar-refractivity contribution in [1.82, 2.24) is 10.6 Å². The molecule has 1 aliphatic carbocycles. The smallest absolute Gasteiger partial charge is 0.310 e. The highest BCUT2D eigenvalue weighted by atomic mass is 16.4. The third-order valence-electron chi connectivity index (χ3n) is 4.46. The number of rotatable bonds is 4. The summed E-state index contributed by atoms with van der Waals surface area (Å²) in [5, 5.41) is 15.2. The normalized spacial score (nSPS) is 30.7. The summed E-state index contributed by atoms with van der Waals surface area (Å²) >= 11 is 0. The molecule has 0 bridgehead atoms. The van der Waals surface area contributed by atoms with Crippen LogP contribution in [0.1, 0.15) is 46.0 Å². The molecule has 3 N–H and O–H groups in total. The largest absolute Gasteiger partial charge is 0.481 e. The predicted molar refractivity (Wildman–Crippen MR) is 71.7 cm³/mol. The van der Waals surface area contributed by atoms with Gasteiger partial charge in [0.1, 0.15) is 0 Å². The monoisotopic (exact) mass is 268 g/mol. The van der Waals surface area contributed by atoms with Crippen molar-refractivity contribution in [3.63, 3.8) is 0 Å². The average Bonchev–Trinajstić information content (AvgIpc) is 2.79. The lowest BCUT2D eigenvalue weighted by atomic mass is 9.85. The lowest BCUT2D eigenvalue weighted by molar-refractivity contribution is -0.146. The molecule has 1 saturated carbocycles. The van der Waals surface area contributed by atoms with Gasteiger partial charge in [0, 0.05) is 12.6 Å². The topological polar surface area (TPSA) is 78.4 Å². The van der Waals surface area contributed by atoms with Crippen LogP contribution in [0.2, 0.25) is 0 Å². The number of carboxylic acid groups (broad SMARTS) is 1. The number of carboxylic acids is 1. The molecule has 3 atom stereocenters. The van der Waals surface area contributed by atoms with Gasteiger partial charge in [-0.3, -0.25) is 9.59 Å². The Kier molecular flexibility index (Phi) is 4.13. The van der Waals surface area contributed by atoms with E-state index in [-0.39, 0.29) is 18.5 Å². The van der Waals surface area contributed by atoms with Gasteiger partial charge < -0.3 is 15.7 Å². The lowest BCUT2D eigenvalue weighted by Gasteiger charge is -2.24. The molecule has 0 radical (unpaired) electrons. The maximum absolute atomic E-state index is 12.1. The SMILES string of the molecule is CC(C)(CNC(=O)C1CC2CCCCC2N1)C(=O)O. The molecular formula is C14H24N2O3. The molecule has 108 valence electrons. The molecule has 0 aromatic heterocycles. The highest BCUT2D eigenvalue weighted by molar-refractivity contribution is 5.83. The van der Waals surface area contributed by atoms with Crippen molar-refractivity contribution in [2.24, 2.45) is 11.3 Å². The first-order chi connectivity index (χ1) is 8.90. The number of nitrogens with one attached hydrogen (secondary N) is 2. The van der Waals surface area contributed by atoms with Crippen molar-refractivity contribution in [3.8, 4) is 0 Å². The summed E-state index contributed by atoms with van der Waals surface area (Å²) in [5.41, 5.74) is -0.916. The molecule has 2 fully saturated rings. The van der Waals surface area contributed by atoms with Gasteiger partial charge in [-0.25, -0.2) is 0 Å². The summed E-state index contributed by atoms with van der Waals surface area (Å²) in [6.07, 6.45) is 5.78. The van der Waals surface area contributed by atoms with Gasteiger partial charge in [-0.15, -0.1) is 0 Å². The van der Waals surface area contributed by atoms with Gasteiger partial charge in [0.05, 0.1) is 11.5 Å². The second-order valence-electron chi connectivity index (χ2n) is 6.51. The van der Waals surface area contributed by atoms with Gasteiger partial charge in [0.15, 0.2) is 0 Å². The van der Waals surface area contributed by atoms with Crippen LogP contribution in [-0.4, -0.2) is 35.6 Å². The minimum atomic E-state index is -0.916. The van der Waals surface area contributed by atoms with E-state index in [0.29, 0.717) is 12.0 Å². The van der Waals surface area contributed by atoms with Crippen molar-refractivity contribution in [2.75, 3.05) is 6.54 Å². The highest BCUT2D eigenvalue weighted by Crippen LogP contribution is 2.33. The first kappa shape index (κ1) is 14.3. The van der Waals surface area contributed by atoms with Crippen LogP contribution in [0.25, 0.3) is 0 Å². The fourth-order valence-corrected chi connectivity index (χ4v) is 3.03. The molecule has 0 spiro atoms. The Labute approximate surface area is 114 Å². The molecule has 2 rings (SSSR count). The Balaban J connectivity index is 1.83. The number of hydrogen-bond acceptors (Lipinski definition) is 3. The van der Waals surface area contributed by atoms with Crippen LogP contribution in [0.3, 0.4) is 0 Å². The molecular weight excluding hydrogens is 244 g/mol. The van der Waals surface area contributed by atoms with Gasteiger partial charge in [-0.2, -0.15) is 0 Å². The van der Waals surface area contributed by atoms with Gasteiger partial charge in [0.2, 0.25) is 5.91 Å². The van der Waals surface area contributed by atoms with Crippen molar-refractivity contribution < 1.29 is 14.7 Å². The molecule has 1 amide bonds. The summed E-state index contributed by atoms with van der Waals surface area (Å²) in [6.45, 7) is 3.42. The number of fused-ring (bicyclic) bond motifs is 1. The Morgan fingerprint density at radius 3 is 2.63 bits per heavy atom. The molecule has 2 aliphatic rings. The zero-order valence-electron chi connectivity index (χ0n) is 11.7. The number of aliphatic carboxylic acids is 1. The third-order valence-corrected chi connectivity index (χ3v) is 4.46. The molecule has 1 aliphatic heterocycles. The zero-order chi connectivity index (χ0) is 14.0. The molecule has 1 saturated heterocycles. The second-order valence-corrected chi connectivity index (χ2v) is 6.51. The van der Waals surface area contributed by atoms with E-state index < -0.39 is 11.4 Å². The number of carbonyl (C=O) groups is 2. The van der Waals surface area contributed by atoms with E-state index in [1.54, 1.807) is 13.8 Å². The van der Waals surface area contributed by atoms with E-state index in [1.165, 1.54) is 19.3 Å². The van der Waals surface area contributed by atoms with Crippen molar-refractivity contribution >= 4 is 11.9 Å². The Bertz CT molecular complexity index is 354. The quantitative estimate of drug-likeness (QED) is 0.714. The molecule has 5 nitrogen and oxygen atoms in total. The van der Waals surface area contributed by atoms with E-state index in [2.05, 4.69) is 10.6 Å². The van der Waals surface area contributed by atoms with Crippen molar-refractivity contribution in [1.29, 1.82) is 0 Å². The maximum Gasteiger partial charge on any atom is 0.310 e. The van der Waals surface area contributed by atoms with Crippen LogP contribution in [0, 0.1) is 11.3 Å². The fraction of sp³-hybridized carbons (Fsp3) is 0.857. The Morgan fingerprint density at radius 1 is 1.32 bits per heavy atom. The third kappa shape index (κ3) is 3.26. The minimum Gasteiger partial charge on any atom is -0.481 e. The molecule has 1 heterocycles. The standard InChI is InChI=1S/C14H24N2O3/c1-14(2,13(18)19)8-15-12(17)11-7-9-5-3-4-6-10(9)16-11/h9-11,16H,3-8H2,1-2H3,(H,15,17)(H,18,19). The second kappa shape index (κ2) is 5.49. The summed E-state index contributed by atoms with van der Waals surface area (Å²) < 4.78 is 0. The van der Waals surface area contributed by atoms with Crippen molar-refractivity contribution in [3.05, 3.63) is 0 Å². The Morgan fingerprint density at radius 2 is 2.00 bits per heavy atom. The van der Waals surface area contributed by atoms with Crippen LogP contribution in [0.4, 0.5) is 0 Å². The Hall–Kier alpha value is -1.10. The van der Waals surface area contributed by atoms with E-state index in [9.17, 15) is 9.59 Å².